The van der Waals surface area contributed by atoms with Gasteiger partial charge in [-0.1, -0.05) is 38.1 Å². The Morgan fingerprint density at radius 3 is 2.15 bits per heavy atom. The number of nitrogens with two attached hydrogens (primary N) is 2. The van der Waals surface area contributed by atoms with Gasteiger partial charge in [-0.05, 0) is 54.2 Å². The zero-order valence-corrected chi connectivity index (χ0v) is 16.9. The smallest absolute Gasteiger partial charge is 0.251 e. The number of carbonyl (C=O) groups excluding carboxylic acids is 1. The molecule has 0 radical (unpaired) electrons. The van der Waals surface area contributed by atoms with Crippen LogP contribution in [0.1, 0.15) is 58.4 Å². The summed E-state index contributed by atoms with van der Waals surface area (Å²) in [5.41, 5.74) is 9.77. The fourth-order valence-corrected chi connectivity index (χ4v) is 3.68. The molecule has 0 bridgehead atoms. The van der Waals surface area contributed by atoms with E-state index in [2.05, 4.69) is 19.2 Å². The fraction of sp³-hybridized carbons (Fsp3) is 0.350. The van der Waals surface area contributed by atoms with Crippen molar-refractivity contribution in [2.24, 2.45) is 10.9 Å². The van der Waals surface area contributed by atoms with Crippen molar-refractivity contribution in [3.8, 4) is 0 Å². The molecule has 0 aliphatic heterocycles. The van der Waals surface area contributed by atoms with Crippen LogP contribution in [-0.2, 0) is 10.0 Å². The van der Waals surface area contributed by atoms with Crippen LogP contribution in [0.25, 0.3) is 0 Å². The van der Waals surface area contributed by atoms with Gasteiger partial charge in [0.25, 0.3) is 5.91 Å². The van der Waals surface area contributed by atoms with Gasteiger partial charge in [0.1, 0.15) is 0 Å². The van der Waals surface area contributed by atoms with E-state index in [-0.39, 0.29) is 23.0 Å². The molecule has 0 saturated carbocycles. The van der Waals surface area contributed by atoms with E-state index in [1.165, 1.54) is 11.6 Å². The fourth-order valence-electron chi connectivity index (χ4n) is 2.80. The van der Waals surface area contributed by atoms with Crippen LogP contribution in [0.3, 0.4) is 0 Å². The van der Waals surface area contributed by atoms with Gasteiger partial charge in [0.2, 0.25) is 10.0 Å². The number of rotatable bonds is 6. The highest BCUT2D eigenvalue weighted by molar-refractivity contribution is 7.89. The van der Waals surface area contributed by atoms with Gasteiger partial charge in [-0.2, -0.15) is 0 Å². The van der Waals surface area contributed by atoms with Crippen LogP contribution in [0.5, 0.6) is 0 Å². The molecule has 2 rings (SSSR count). The van der Waals surface area contributed by atoms with Gasteiger partial charge < -0.3 is 11.1 Å². The van der Waals surface area contributed by atoms with Gasteiger partial charge in [0, 0.05) is 18.2 Å². The molecule has 1 unspecified atom stereocenters. The molecule has 0 heterocycles. The summed E-state index contributed by atoms with van der Waals surface area (Å²) < 4.78 is 23.5. The van der Waals surface area contributed by atoms with Crippen LogP contribution in [0.4, 0.5) is 0 Å². The van der Waals surface area contributed by atoms with Gasteiger partial charge in [0.05, 0.1) is 4.90 Å². The second kappa shape index (κ2) is 8.21. The van der Waals surface area contributed by atoms with E-state index in [9.17, 15) is 13.2 Å². The van der Waals surface area contributed by atoms with Gasteiger partial charge in [-0.25, -0.2) is 13.6 Å². The Morgan fingerprint density at radius 2 is 1.63 bits per heavy atom. The SMILES string of the molecule is Cc1cc(C(=O)NCC(N)c2ccc(C(C)C)cc2)cc(S(N)(=O)=O)c1C. The van der Waals surface area contributed by atoms with E-state index in [0.29, 0.717) is 17.0 Å². The molecule has 0 aromatic heterocycles. The lowest BCUT2D eigenvalue weighted by atomic mass is 9.99. The van der Waals surface area contributed by atoms with Crippen LogP contribution in [0, 0.1) is 13.8 Å². The Kier molecular flexibility index (Phi) is 6.41. The number of sulfonamides is 1. The Balaban J connectivity index is 2.12. The molecule has 5 N–H and O–H groups in total. The molecular formula is C20H27N3O3S. The maximum absolute atomic E-state index is 12.5. The van der Waals surface area contributed by atoms with E-state index < -0.39 is 15.9 Å². The minimum absolute atomic E-state index is 0.0405. The Morgan fingerprint density at radius 1 is 1.07 bits per heavy atom. The number of carbonyl (C=O) groups is 1. The highest BCUT2D eigenvalue weighted by Crippen LogP contribution is 2.21. The van der Waals surface area contributed by atoms with Crippen LogP contribution in [-0.4, -0.2) is 20.9 Å². The summed E-state index contributed by atoms with van der Waals surface area (Å²) in [6, 6.07) is 10.6. The zero-order chi connectivity index (χ0) is 20.4. The standard InChI is InChI=1S/C20H27N3O3S/c1-12(2)15-5-7-16(8-6-15)18(21)11-23-20(24)17-9-13(3)14(4)19(10-17)27(22,25)26/h5-10,12,18H,11,21H2,1-4H3,(H,23,24)(H2,22,25,26). The summed E-state index contributed by atoms with van der Waals surface area (Å²) in [6.07, 6.45) is 0. The Bertz CT molecular complexity index is 936. The van der Waals surface area contributed by atoms with Crippen molar-refractivity contribution in [2.45, 2.75) is 44.6 Å². The molecule has 1 atom stereocenters. The minimum atomic E-state index is -3.90. The zero-order valence-electron chi connectivity index (χ0n) is 16.1. The molecule has 1 amide bonds. The van der Waals surface area contributed by atoms with Crippen LogP contribution in [0.2, 0.25) is 0 Å². The highest BCUT2D eigenvalue weighted by Gasteiger charge is 2.18. The van der Waals surface area contributed by atoms with Crippen molar-refractivity contribution < 1.29 is 13.2 Å². The Hall–Kier alpha value is -2.22. The van der Waals surface area contributed by atoms with E-state index in [4.69, 9.17) is 10.9 Å². The maximum atomic E-state index is 12.5. The average Bonchev–Trinajstić information content (AvgIpc) is 2.60. The van der Waals surface area contributed by atoms with Crippen molar-refractivity contribution in [2.75, 3.05) is 6.54 Å². The molecular weight excluding hydrogens is 362 g/mol. The molecule has 0 spiro atoms. The second-order valence-electron chi connectivity index (χ2n) is 7.10. The van der Waals surface area contributed by atoms with Crippen molar-refractivity contribution >= 4 is 15.9 Å². The lowest BCUT2D eigenvalue weighted by molar-refractivity contribution is 0.0951. The summed E-state index contributed by atoms with van der Waals surface area (Å²) in [5.74, 6) is 0.0463. The van der Waals surface area contributed by atoms with E-state index in [1.54, 1.807) is 19.9 Å². The predicted octanol–water partition coefficient (Wildman–Crippen LogP) is 2.50. The highest BCUT2D eigenvalue weighted by atomic mass is 32.2. The Labute approximate surface area is 161 Å². The molecule has 27 heavy (non-hydrogen) atoms. The number of aryl methyl sites for hydroxylation is 1. The van der Waals surface area contributed by atoms with Gasteiger partial charge in [-0.15, -0.1) is 0 Å². The molecule has 0 aliphatic carbocycles. The maximum Gasteiger partial charge on any atom is 0.251 e. The average molecular weight is 390 g/mol. The summed E-state index contributed by atoms with van der Waals surface area (Å²) >= 11 is 0. The van der Waals surface area contributed by atoms with E-state index in [1.807, 2.05) is 24.3 Å². The lowest BCUT2D eigenvalue weighted by Gasteiger charge is -2.15. The second-order valence-corrected chi connectivity index (χ2v) is 8.63. The van der Waals surface area contributed by atoms with Gasteiger partial charge in [-0.3, -0.25) is 4.79 Å². The number of hydrogen-bond donors (Lipinski definition) is 3. The largest absolute Gasteiger partial charge is 0.350 e. The molecule has 0 fully saturated rings. The molecule has 2 aromatic carbocycles. The predicted molar refractivity (Wildman–Crippen MR) is 107 cm³/mol. The summed E-state index contributed by atoms with van der Waals surface area (Å²) in [4.78, 5) is 12.4. The third-order valence-electron chi connectivity index (χ3n) is 4.70. The lowest BCUT2D eigenvalue weighted by Crippen LogP contribution is -2.32. The quantitative estimate of drug-likeness (QED) is 0.704. The number of amides is 1. The molecule has 7 heteroatoms. The van der Waals surface area contributed by atoms with E-state index in [0.717, 1.165) is 5.56 Å². The third-order valence-corrected chi connectivity index (χ3v) is 5.74. The number of nitrogens with one attached hydrogen (secondary N) is 1. The number of hydrogen-bond acceptors (Lipinski definition) is 4. The molecule has 146 valence electrons. The molecule has 0 saturated heterocycles. The van der Waals surface area contributed by atoms with Crippen molar-refractivity contribution in [3.63, 3.8) is 0 Å². The van der Waals surface area contributed by atoms with Gasteiger partial charge in [0.15, 0.2) is 0 Å². The summed E-state index contributed by atoms with van der Waals surface area (Å²) in [7, 11) is -3.90. The minimum Gasteiger partial charge on any atom is -0.350 e. The van der Waals surface area contributed by atoms with E-state index >= 15 is 0 Å². The van der Waals surface area contributed by atoms with Crippen LogP contribution in [0.15, 0.2) is 41.3 Å². The van der Waals surface area contributed by atoms with Crippen molar-refractivity contribution in [1.82, 2.24) is 5.32 Å². The van der Waals surface area contributed by atoms with Crippen molar-refractivity contribution in [1.29, 1.82) is 0 Å². The normalized spacial score (nSPS) is 12.9. The molecule has 6 nitrogen and oxygen atoms in total. The van der Waals surface area contributed by atoms with Crippen molar-refractivity contribution in [3.05, 3.63) is 64.2 Å². The number of benzene rings is 2. The monoisotopic (exact) mass is 389 g/mol. The van der Waals surface area contributed by atoms with Crippen LogP contribution < -0.4 is 16.2 Å². The van der Waals surface area contributed by atoms with Gasteiger partial charge >= 0.3 is 0 Å². The first-order chi connectivity index (χ1) is 12.5. The molecule has 2 aromatic rings. The topological polar surface area (TPSA) is 115 Å². The first kappa shape index (κ1) is 21.1. The first-order valence-electron chi connectivity index (χ1n) is 8.78. The van der Waals surface area contributed by atoms with Crippen LogP contribution >= 0.6 is 0 Å². The third kappa shape index (κ3) is 5.15. The summed E-state index contributed by atoms with van der Waals surface area (Å²) in [5, 5.41) is 8.01. The first-order valence-corrected chi connectivity index (χ1v) is 10.3. The molecule has 0 aliphatic rings. The summed E-state index contributed by atoms with van der Waals surface area (Å²) in [6.45, 7) is 7.87. The number of primary sulfonamides is 1.